The lowest BCUT2D eigenvalue weighted by Crippen LogP contribution is -2.05. The Morgan fingerprint density at radius 2 is 1.71 bits per heavy atom. The van der Waals surface area contributed by atoms with E-state index in [0.717, 1.165) is 5.75 Å². The van der Waals surface area contributed by atoms with Gasteiger partial charge in [0.1, 0.15) is 12.4 Å². The van der Waals surface area contributed by atoms with Crippen LogP contribution >= 0.6 is 0 Å². The molecule has 1 heterocycles. The maximum absolute atomic E-state index is 5.95. The Labute approximate surface area is 126 Å². The highest BCUT2D eigenvalue weighted by molar-refractivity contribution is 5.83. The second-order valence-corrected chi connectivity index (χ2v) is 5.76. The smallest absolute Gasteiger partial charge is 0.128 e. The van der Waals surface area contributed by atoms with Crippen molar-refractivity contribution in [2.24, 2.45) is 7.05 Å². The van der Waals surface area contributed by atoms with Crippen molar-refractivity contribution in [2.45, 2.75) is 26.4 Å². The SMILES string of the molecule is CC(C)c1ccc(COc2ccc3ccccc3c2)n1C. The third-order valence-corrected chi connectivity index (χ3v) is 3.96. The first-order chi connectivity index (χ1) is 10.1. The number of hydrogen-bond donors (Lipinski definition) is 0. The molecule has 2 nitrogen and oxygen atoms in total. The number of rotatable bonds is 4. The normalized spacial score (nSPS) is 11.2. The van der Waals surface area contributed by atoms with Crippen LogP contribution in [0.15, 0.2) is 54.6 Å². The summed E-state index contributed by atoms with van der Waals surface area (Å²) in [6.07, 6.45) is 0. The summed E-state index contributed by atoms with van der Waals surface area (Å²) < 4.78 is 8.18. The second-order valence-electron chi connectivity index (χ2n) is 5.76. The average molecular weight is 279 g/mol. The Balaban J connectivity index is 1.77. The van der Waals surface area contributed by atoms with Crippen LogP contribution in [-0.2, 0) is 13.7 Å². The highest BCUT2D eigenvalue weighted by Gasteiger charge is 2.08. The molecule has 0 unspecified atom stereocenters. The van der Waals surface area contributed by atoms with Crippen molar-refractivity contribution in [1.82, 2.24) is 4.57 Å². The van der Waals surface area contributed by atoms with E-state index in [1.807, 2.05) is 6.07 Å². The molecule has 0 fully saturated rings. The highest BCUT2D eigenvalue weighted by Crippen LogP contribution is 2.22. The molecule has 0 radical (unpaired) electrons. The van der Waals surface area contributed by atoms with Crippen LogP contribution in [0.4, 0.5) is 0 Å². The van der Waals surface area contributed by atoms with Crippen molar-refractivity contribution in [3.8, 4) is 5.75 Å². The number of aromatic nitrogens is 1. The Morgan fingerprint density at radius 1 is 0.952 bits per heavy atom. The molecule has 3 rings (SSSR count). The second kappa shape index (κ2) is 5.65. The van der Waals surface area contributed by atoms with Crippen molar-refractivity contribution in [2.75, 3.05) is 0 Å². The molecule has 3 aromatic rings. The first-order valence-electron chi connectivity index (χ1n) is 7.41. The Morgan fingerprint density at radius 3 is 2.43 bits per heavy atom. The van der Waals surface area contributed by atoms with Gasteiger partial charge in [-0.3, -0.25) is 0 Å². The third kappa shape index (κ3) is 2.80. The van der Waals surface area contributed by atoms with Crippen molar-refractivity contribution >= 4 is 10.8 Å². The van der Waals surface area contributed by atoms with Crippen LogP contribution in [0.5, 0.6) is 5.75 Å². The molecule has 1 aromatic heterocycles. The zero-order chi connectivity index (χ0) is 14.8. The van der Waals surface area contributed by atoms with Gasteiger partial charge in [0.05, 0.1) is 5.69 Å². The number of ether oxygens (including phenoxy) is 1. The summed E-state index contributed by atoms with van der Waals surface area (Å²) in [5.74, 6) is 1.45. The predicted molar refractivity (Wildman–Crippen MR) is 87.8 cm³/mol. The minimum atomic E-state index is 0.532. The molecule has 0 atom stereocenters. The van der Waals surface area contributed by atoms with Crippen molar-refractivity contribution < 1.29 is 4.74 Å². The predicted octanol–water partition coefficient (Wildman–Crippen LogP) is 4.88. The summed E-state index contributed by atoms with van der Waals surface area (Å²) in [7, 11) is 2.11. The molecule has 0 aliphatic carbocycles. The molecule has 21 heavy (non-hydrogen) atoms. The zero-order valence-electron chi connectivity index (χ0n) is 12.8. The summed E-state index contributed by atoms with van der Waals surface area (Å²) in [6.45, 7) is 5.02. The molecule has 2 aromatic carbocycles. The van der Waals surface area contributed by atoms with Crippen LogP contribution in [0.2, 0.25) is 0 Å². The highest BCUT2D eigenvalue weighted by atomic mass is 16.5. The first kappa shape index (κ1) is 13.7. The van der Waals surface area contributed by atoms with Crippen molar-refractivity contribution in [3.63, 3.8) is 0 Å². The largest absolute Gasteiger partial charge is 0.487 e. The van der Waals surface area contributed by atoms with Gasteiger partial charge in [-0.05, 0) is 41.0 Å². The van der Waals surface area contributed by atoms with Crippen LogP contribution in [0.25, 0.3) is 10.8 Å². The molecule has 0 bridgehead atoms. The fourth-order valence-electron chi connectivity index (χ4n) is 2.71. The van der Waals surface area contributed by atoms with Gasteiger partial charge in [-0.1, -0.05) is 44.2 Å². The molecule has 0 aliphatic rings. The van der Waals surface area contributed by atoms with Gasteiger partial charge in [0.25, 0.3) is 0 Å². The molecular weight excluding hydrogens is 258 g/mol. The number of fused-ring (bicyclic) bond motifs is 1. The van der Waals surface area contributed by atoms with Gasteiger partial charge in [-0.2, -0.15) is 0 Å². The minimum absolute atomic E-state index is 0.532. The first-order valence-corrected chi connectivity index (χ1v) is 7.41. The van der Waals surface area contributed by atoms with E-state index in [1.165, 1.54) is 22.2 Å². The van der Waals surface area contributed by atoms with Gasteiger partial charge in [0, 0.05) is 12.7 Å². The third-order valence-electron chi connectivity index (χ3n) is 3.96. The molecule has 108 valence electrons. The average Bonchev–Trinajstić information content (AvgIpc) is 2.86. The van der Waals surface area contributed by atoms with Crippen LogP contribution in [0.3, 0.4) is 0 Å². The fourth-order valence-corrected chi connectivity index (χ4v) is 2.71. The monoisotopic (exact) mass is 279 g/mol. The lowest BCUT2D eigenvalue weighted by molar-refractivity contribution is 0.297. The lowest BCUT2D eigenvalue weighted by atomic mass is 10.1. The van der Waals surface area contributed by atoms with E-state index < -0.39 is 0 Å². The molecule has 2 heteroatoms. The van der Waals surface area contributed by atoms with Gasteiger partial charge in [-0.15, -0.1) is 0 Å². The Kier molecular flexibility index (Phi) is 3.70. The van der Waals surface area contributed by atoms with Crippen molar-refractivity contribution in [3.05, 3.63) is 66.0 Å². The Bertz CT molecular complexity index is 755. The van der Waals surface area contributed by atoms with E-state index in [4.69, 9.17) is 4.74 Å². The van der Waals surface area contributed by atoms with Gasteiger partial charge in [-0.25, -0.2) is 0 Å². The van der Waals surface area contributed by atoms with E-state index in [0.29, 0.717) is 12.5 Å². The van der Waals surface area contributed by atoms with E-state index in [2.05, 4.69) is 74.0 Å². The van der Waals surface area contributed by atoms with E-state index >= 15 is 0 Å². The summed E-state index contributed by atoms with van der Waals surface area (Å²) in [6, 6.07) is 18.9. The van der Waals surface area contributed by atoms with Crippen molar-refractivity contribution in [1.29, 1.82) is 0 Å². The molecule has 0 N–H and O–H groups in total. The molecular formula is C19H21NO. The molecule has 0 spiro atoms. The van der Waals surface area contributed by atoms with Gasteiger partial charge >= 0.3 is 0 Å². The number of nitrogens with zero attached hydrogens (tertiary/aromatic N) is 1. The van der Waals surface area contributed by atoms with Crippen LogP contribution in [0.1, 0.15) is 31.2 Å². The number of benzene rings is 2. The standard InChI is InChI=1S/C19H21NO/c1-14(2)19-11-9-17(20(19)3)13-21-18-10-8-15-6-4-5-7-16(15)12-18/h4-12,14H,13H2,1-3H3. The van der Waals surface area contributed by atoms with Gasteiger partial charge in [0.2, 0.25) is 0 Å². The molecule has 0 saturated carbocycles. The minimum Gasteiger partial charge on any atom is -0.487 e. The van der Waals surface area contributed by atoms with Gasteiger partial charge < -0.3 is 9.30 Å². The topological polar surface area (TPSA) is 14.2 Å². The van der Waals surface area contributed by atoms with Crippen LogP contribution < -0.4 is 4.74 Å². The van der Waals surface area contributed by atoms with E-state index in [9.17, 15) is 0 Å². The molecule has 0 amide bonds. The van der Waals surface area contributed by atoms with Crippen LogP contribution in [-0.4, -0.2) is 4.57 Å². The fraction of sp³-hybridized carbons (Fsp3) is 0.263. The maximum Gasteiger partial charge on any atom is 0.128 e. The number of hydrogen-bond acceptors (Lipinski definition) is 1. The van der Waals surface area contributed by atoms with E-state index in [-0.39, 0.29) is 0 Å². The molecule has 0 aliphatic heterocycles. The van der Waals surface area contributed by atoms with E-state index in [1.54, 1.807) is 0 Å². The quantitative estimate of drug-likeness (QED) is 0.664. The summed E-state index contributed by atoms with van der Waals surface area (Å²) in [5, 5.41) is 2.45. The Hall–Kier alpha value is -2.22. The van der Waals surface area contributed by atoms with Gasteiger partial charge in [0.15, 0.2) is 0 Å². The lowest BCUT2D eigenvalue weighted by Gasteiger charge is -2.11. The maximum atomic E-state index is 5.95. The summed E-state index contributed by atoms with van der Waals surface area (Å²) in [4.78, 5) is 0. The zero-order valence-corrected chi connectivity index (χ0v) is 12.8. The summed E-state index contributed by atoms with van der Waals surface area (Å²) in [5.41, 5.74) is 2.54. The summed E-state index contributed by atoms with van der Waals surface area (Å²) >= 11 is 0. The molecule has 0 saturated heterocycles. The van der Waals surface area contributed by atoms with Crippen LogP contribution in [0, 0.1) is 0 Å².